The Morgan fingerprint density at radius 3 is 2.86 bits per heavy atom. The standard InChI is InChI=1S/C11H22N2O/c1-9(2)13-5-6-14-11(8-13)7-12-10-3-4-10/h9-12H,3-8H2,1-2H3/t11-/m0/s1. The highest BCUT2D eigenvalue weighted by molar-refractivity contribution is 4.84. The van der Waals surface area contributed by atoms with Crippen LogP contribution in [0.5, 0.6) is 0 Å². The van der Waals surface area contributed by atoms with Crippen molar-refractivity contribution in [3.8, 4) is 0 Å². The monoisotopic (exact) mass is 198 g/mol. The molecule has 2 rings (SSSR count). The van der Waals surface area contributed by atoms with Gasteiger partial charge in [-0.05, 0) is 26.7 Å². The Morgan fingerprint density at radius 1 is 1.43 bits per heavy atom. The van der Waals surface area contributed by atoms with E-state index >= 15 is 0 Å². The van der Waals surface area contributed by atoms with Gasteiger partial charge in [-0.15, -0.1) is 0 Å². The quantitative estimate of drug-likeness (QED) is 0.725. The molecule has 0 aromatic heterocycles. The average molecular weight is 198 g/mol. The Hall–Kier alpha value is -0.120. The first-order valence-corrected chi connectivity index (χ1v) is 5.84. The molecule has 2 aliphatic rings. The molecule has 2 fully saturated rings. The highest BCUT2D eigenvalue weighted by Gasteiger charge is 2.25. The molecule has 82 valence electrons. The predicted molar refractivity (Wildman–Crippen MR) is 57.5 cm³/mol. The molecular formula is C11H22N2O. The molecule has 0 aromatic carbocycles. The summed E-state index contributed by atoms with van der Waals surface area (Å²) in [5.41, 5.74) is 0. The lowest BCUT2D eigenvalue weighted by molar-refractivity contribution is -0.0372. The Morgan fingerprint density at radius 2 is 2.21 bits per heavy atom. The lowest BCUT2D eigenvalue weighted by Gasteiger charge is -2.35. The van der Waals surface area contributed by atoms with Crippen molar-refractivity contribution in [2.75, 3.05) is 26.2 Å². The third-order valence-electron chi connectivity index (χ3n) is 3.11. The maximum Gasteiger partial charge on any atom is 0.0826 e. The molecule has 0 amide bonds. The van der Waals surface area contributed by atoms with Gasteiger partial charge in [-0.3, -0.25) is 4.90 Å². The number of nitrogens with zero attached hydrogens (tertiary/aromatic N) is 1. The highest BCUT2D eigenvalue weighted by Crippen LogP contribution is 2.19. The van der Waals surface area contributed by atoms with Crippen molar-refractivity contribution in [2.45, 2.75) is 44.9 Å². The maximum absolute atomic E-state index is 5.73. The minimum atomic E-state index is 0.409. The van der Waals surface area contributed by atoms with E-state index in [1.165, 1.54) is 12.8 Å². The zero-order valence-corrected chi connectivity index (χ0v) is 9.33. The zero-order valence-electron chi connectivity index (χ0n) is 9.33. The number of hydrogen-bond donors (Lipinski definition) is 1. The van der Waals surface area contributed by atoms with Crippen molar-refractivity contribution in [3.63, 3.8) is 0 Å². The minimum Gasteiger partial charge on any atom is -0.374 e. The molecule has 1 atom stereocenters. The molecule has 1 N–H and O–H groups in total. The molecule has 1 heterocycles. The zero-order chi connectivity index (χ0) is 9.97. The smallest absolute Gasteiger partial charge is 0.0826 e. The second kappa shape index (κ2) is 4.60. The lowest BCUT2D eigenvalue weighted by atomic mass is 10.2. The van der Waals surface area contributed by atoms with Crippen LogP contribution in [-0.2, 0) is 4.74 Å². The van der Waals surface area contributed by atoms with Crippen LogP contribution >= 0.6 is 0 Å². The lowest BCUT2D eigenvalue weighted by Crippen LogP contribution is -2.49. The summed E-state index contributed by atoms with van der Waals surface area (Å²) in [7, 11) is 0. The molecule has 0 aromatic rings. The van der Waals surface area contributed by atoms with Crippen LogP contribution in [0.2, 0.25) is 0 Å². The van der Waals surface area contributed by atoms with Gasteiger partial charge < -0.3 is 10.1 Å². The molecular weight excluding hydrogens is 176 g/mol. The number of morpholine rings is 1. The molecule has 1 saturated carbocycles. The largest absolute Gasteiger partial charge is 0.374 e. The molecule has 1 saturated heterocycles. The number of hydrogen-bond acceptors (Lipinski definition) is 3. The first-order valence-electron chi connectivity index (χ1n) is 5.84. The first kappa shape index (κ1) is 10.4. The van der Waals surface area contributed by atoms with Crippen LogP contribution in [0.1, 0.15) is 26.7 Å². The van der Waals surface area contributed by atoms with Crippen LogP contribution in [-0.4, -0.2) is 49.3 Å². The maximum atomic E-state index is 5.73. The second-order valence-corrected chi connectivity index (χ2v) is 4.76. The topological polar surface area (TPSA) is 24.5 Å². The van der Waals surface area contributed by atoms with Gasteiger partial charge in [0.25, 0.3) is 0 Å². The third-order valence-corrected chi connectivity index (χ3v) is 3.11. The van der Waals surface area contributed by atoms with Gasteiger partial charge in [-0.1, -0.05) is 0 Å². The van der Waals surface area contributed by atoms with Crippen LogP contribution in [0.15, 0.2) is 0 Å². The molecule has 14 heavy (non-hydrogen) atoms. The van der Waals surface area contributed by atoms with Crippen molar-refractivity contribution in [1.29, 1.82) is 0 Å². The van der Waals surface area contributed by atoms with Gasteiger partial charge in [0, 0.05) is 31.7 Å². The SMILES string of the molecule is CC(C)N1CCO[C@@H](CNC2CC2)C1. The highest BCUT2D eigenvalue weighted by atomic mass is 16.5. The summed E-state index contributed by atoms with van der Waals surface area (Å²) in [6.07, 6.45) is 3.13. The van der Waals surface area contributed by atoms with Crippen molar-refractivity contribution in [3.05, 3.63) is 0 Å². The van der Waals surface area contributed by atoms with Crippen molar-refractivity contribution in [2.24, 2.45) is 0 Å². The van der Waals surface area contributed by atoms with Crippen LogP contribution in [0.3, 0.4) is 0 Å². The summed E-state index contributed by atoms with van der Waals surface area (Å²) < 4.78 is 5.73. The Bertz CT molecular complexity index is 180. The van der Waals surface area contributed by atoms with E-state index in [4.69, 9.17) is 4.74 Å². The van der Waals surface area contributed by atoms with E-state index in [-0.39, 0.29) is 0 Å². The van der Waals surface area contributed by atoms with E-state index in [9.17, 15) is 0 Å². The van der Waals surface area contributed by atoms with E-state index in [2.05, 4.69) is 24.1 Å². The molecule has 3 nitrogen and oxygen atoms in total. The molecule has 0 radical (unpaired) electrons. The van der Waals surface area contributed by atoms with Gasteiger partial charge in [0.2, 0.25) is 0 Å². The summed E-state index contributed by atoms with van der Waals surface area (Å²) in [4.78, 5) is 2.50. The van der Waals surface area contributed by atoms with Gasteiger partial charge in [0.1, 0.15) is 0 Å². The Balaban J connectivity index is 1.69. The summed E-state index contributed by atoms with van der Waals surface area (Å²) >= 11 is 0. The molecule has 0 bridgehead atoms. The number of ether oxygens (including phenoxy) is 1. The van der Waals surface area contributed by atoms with E-state index in [0.29, 0.717) is 12.1 Å². The van der Waals surface area contributed by atoms with E-state index in [1.54, 1.807) is 0 Å². The van der Waals surface area contributed by atoms with Crippen molar-refractivity contribution >= 4 is 0 Å². The molecule has 1 aliphatic carbocycles. The first-order chi connectivity index (χ1) is 6.75. The third kappa shape index (κ3) is 2.94. The van der Waals surface area contributed by atoms with Gasteiger partial charge in [-0.2, -0.15) is 0 Å². The molecule has 0 spiro atoms. The second-order valence-electron chi connectivity index (χ2n) is 4.76. The predicted octanol–water partition coefficient (Wildman–Crippen LogP) is 0.848. The van der Waals surface area contributed by atoms with E-state index < -0.39 is 0 Å². The number of nitrogens with one attached hydrogen (secondary N) is 1. The molecule has 3 heteroatoms. The van der Waals surface area contributed by atoms with Gasteiger partial charge in [-0.25, -0.2) is 0 Å². The van der Waals surface area contributed by atoms with Crippen LogP contribution < -0.4 is 5.32 Å². The van der Waals surface area contributed by atoms with Crippen LogP contribution in [0.4, 0.5) is 0 Å². The Kier molecular flexibility index (Phi) is 3.42. The Labute approximate surface area is 86.8 Å². The average Bonchev–Trinajstić information content (AvgIpc) is 2.99. The summed E-state index contributed by atoms with van der Waals surface area (Å²) in [5.74, 6) is 0. The van der Waals surface area contributed by atoms with Gasteiger partial charge in [0.15, 0.2) is 0 Å². The fourth-order valence-corrected chi connectivity index (χ4v) is 1.92. The summed E-state index contributed by atoms with van der Waals surface area (Å²) in [6, 6.07) is 1.45. The van der Waals surface area contributed by atoms with E-state index in [0.717, 1.165) is 32.3 Å². The van der Waals surface area contributed by atoms with Crippen molar-refractivity contribution in [1.82, 2.24) is 10.2 Å². The fraction of sp³-hybridized carbons (Fsp3) is 1.00. The normalized spacial score (nSPS) is 29.8. The molecule has 0 unspecified atom stereocenters. The van der Waals surface area contributed by atoms with Gasteiger partial charge >= 0.3 is 0 Å². The summed E-state index contributed by atoms with van der Waals surface area (Å²) in [5, 5.41) is 3.53. The van der Waals surface area contributed by atoms with E-state index in [1.807, 2.05) is 0 Å². The van der Waals surface area contributed by atoms with Gasteiger partial charge in [0.05, 0.1) is 12.7 Å². The summed E-state index contributed by atoms with van der Waals surface area (Å²) in [6.45, 7) is 8.64. The minimum absolute atomic E-state index is 0.409. The van der Waals surface area contributed by atoms with Crippen molar-refractivity contribution < 1.29 is 4.74 Å². The number of rotatable bonds is 4. The van der Waals surface area contributed by atoms with Crippen LogP contribution in [0.25, 0.3) is 0 Å². The van der Waals surface area contributed by atoms with Crippen LogP contribution in [0, 0.1) is 0 Å². The fourth-order valence-electron chi connectivity index (χ4n) is 1.92. The molecule has 1 aliphatic heterocycles.